The van der Waals surface area contributed by atoms with E-state index in [1.54, 1.807) is 11.3 Å². The minimum Gasteiger partial charge on any atom is -0.380 e. The summed E-state index contributed by atoms with van der Waals surface area (Å²) in [6.45, 7) is 5.46. The Kier molecular flexibility index (Phi) is 5.62. The Hall–Kier alpha value is -2.41. The number of hydrogen-bond acceptors (Lipinski definition) is 5. The highest BCUT2D eigenvalue weighted by Crippen LogP contribution is 2.34. The monoisotopic (exact) mass is 412 g/mol. The van der Waals surface area contributed by atoms with Crippen molar-refractivity contribution < 1.29 is 4.74 Å². The smallest absolute Gasteiger partial charge is 0.183 e. The van der Waals surface area contributed by atoms with Gasteiger partial charge in [-0.25, -0.2) is 9.97 Å². The number of imidazole rings is 1. The fourth-order valence-electron chi connectivity index (χ4n) is 3.03. The quantitative estimate of drug-likeness (QED) is 0.428. The van der Waals surface area contributed by atoms with Crippen LogP contribution in [0.2, 0.25) is 5.02 Å². The molecule has 0 amide bonds. The Morgan fingerprint density at radius 2 is 2.04 bits per heavy atom. The van der Waals surface area contributed by atoms with Crippen molar-refractivity contribution in [1.29, 1.82) is 0 Å². The van der Waals surface area contributed by atoms with Crippen LogP contribution in [0, 0.1) is 0 Å². The number of fused-ring (bicyclic) bond motifs is 1. The summed E-state index contributed by atoms with van der Waals surface area (Å²) in [4.78, 5) is 10.1. The van der Waals surface area contributed by atoms with Crippen molar-refractivity contribution in [3.05, 3.63) is 60.1 Å². The van der Waals surface area contributed by atoms with E-state index in [0.717, 1.165) is 37.4 Å². The molecule has 5 nitrogen and oxygen atoms in total. The van der Waals surface area contributed by atoms with Gasteiger partial charge in [0.15, 0.2) is 5.13 Å². The number of anilines is 1. The summed E-state index contributed by atoms with van der Waals surface area (Å²) in [6.07, 6.45) is 7.77. The largest absolute Gasteiger partial charge is 0.380 e. The summed E-state index contributed by atoms with van der Waals surface area (Å²) >= 11 is 7.69. The molecule has 0 aliphatic heterocycles. The number of hydrogen-bond donors (Lipinski definition) is 1. The molecule has 1 N–H and O–H groups in total. The second kappa shape index (κ2) is 8.31. The van der Waals surface area contributed by atoms with Crippen LogP contribution < -0.4 is 5.32 Å². The number of nitrogens with one attached hydrogen (secondary N) is 1. The fourth-order valence-corrected chi connectivity index (χ4v) is 4.07. The maximum absolute atomic E-state index is 6.06. The molecular weight excluding hydrogens is 392 g/mol. The first-order chi connectivity index (χ1) is 13.6. The maximum Gasteiger partial charge on any atom is 0.183 e. The van der Waals surface area contributed by atoms with E-state index < -0.39 is 0 Å². The number of rotatable bonds is 7. The van der Waals surface area contributed by atoms with Crippen LogP contribution in [0.5, 0.6) is 0 Å². The highest BCUT2D eigenvalue weighted by molar-refractivity contribution is 7.18. The predicted molar refractivity (Wildman–Crippen MR) is 116 cm³/mol. The second-order valence-corrected chi connectivity index (χ2v) is 8.01. The van der Waals surface area contributed by atoms with Crippen molar-refractivity contribution in [3.8, 4) is 21.6 Å². The van der Waals surface area contributed by atoms with Crippen LogP contribution in [0.15, 0.2) is 55.1 Å². The SMILES string of the molecule is CCOCC(C)Nc1ncc(-c2cc(-c3ccc(Cl)cc3)c3nccn3c2)s1. The number of benzene rings is 1. The van der Waals surface area contributed by atoms with Crippen molar-refractivity contribution in [2.45, 2.75) is 19.9 Å². The van der Waals surface area contributed by atoms with Crippen molar-refractivity contribution in [2.75, 3.05) is 18.5 Å². The maximum atomic E-state index is 6.06. The fraction of sp³-hybridized carbons (Fsp3) is 0.238. The molecule has 144 valence electrons. The van der Waals surface area contributed by atoms with Crippen molar-refractivity contribution in [2.24, 2.45) is 0 Å². The number of thiazole rings is 1. The van der Waals surface area contributed by atoms with Crippen LogP contribution in [0.25, 0.3) is 27.2 Å². The third-order valence-electron chi connectivity index (χ3n) is 4.37. The molecule has 1 aromatic carbocycles. The standard InChI is InChI=1S/C21H21ClN4OS/c1-3-27-13-14(2)25-21-24-11-19(28-21)16-10-18(15-4-6-17(22)7-5-15)20-23-8-9-26(20)12-16/h4-12,14H,3,13H2,1-2H3,(H,24,25). The van der Waals surface area contributed by atoms with Crippen LogP contribution in [-0.4, -0.2) is 33.6 Å². The molecule has 4 rings (SSSR count). The van der Waals surface area contributed by atoms with Crippen molar-refractivity contribution in [3.63, 3.8) is 0 Å². The molecule has 0 saturated heterocycles. The number of aromatic nitrogens is 3. The minimum absolute atomic E-state index is 0.208. The van der Waals surface area contributed by atoms with Gasteiger partial charge in [0.1, 0.15) is 5.65 Å². The topological polar surface area (TPSA) is 51.5 Å². The molecule has 0 fully saturated rings. The molecule has 7 heteroatoms. The molecular formula is C21H21ClN4OS. The van der Waals surface area contributed by atoms with E-state index in [1.165, 1.54) is 0 Å². The summed E-state index contributed by atoms with van der Waals surface area (Å²) in [6, 6.07) is 10.2. The summed E-state index contributed by atoms with van der Waals surface area (Å²) < 4.78 is 7.51. The average molecular weight is 413 g/mol. The summed E-state index contributed by atoms with van der Waals surface area (Å²) in [5.41, 5.74) is 4.15. The molecule has 4 aromatic rings. The molecule has 1 unspecified atom stereocenters. The Morgan fingerprint density at radius 3 is 2.82 bits per heavy atom. The molecule has 0 saturated carbocycles. The van der Waals surface area contributed by atoms with Gasteiger partial charge in [0.2, 0.25) is 0 Å². The Morgan fingerprint density at radius 1 is 1.21 bits per heavy atom. The Bertz CT molecular complexity index is 1070. The van der Waals surface area contributed by atoms with Crippen LogP contribution in [0.1, 0.15) is 13.8 Å². The molecule has 1 atom stereocenters. The van der Waals surface area contributed by atoms with Gasteiger partial charge in [0.05, 0.1) is 11.5 Å². The molecule has 0 bridgehead atoms. The lowest BCUT2D eigenvalue weighted by molar-refractivity contribution is 0.141. The van der Waals surface area contributed by atoms with E-state index in [2.05, 4.69) is 34.5 Å². The first-order valence-electron chi connectivity index (χ1n) is 9.17. The zero-order valence-corrected chi connectivity index (χ0v) is 17.3. The third kappa shape index (κ3) is 4.04. The zero-order valence-electron chi connectivity index (χ0n) is 15.7. The van der Waals surface area contributed by atoms with Gasteiger partial charge in [0, 0.05) is 53.6 Å². The first-order valence-corrected chi connectivity index (χ1v) is 10.4. The van der Waals surface area contributed by atoms with Gasteiger partial charge >= 0.3 is 0 Å². The van der Waals surface area contributed by atoms with Gasteiger partial charge in [-0.15, -0.1) is 0 Å². The Labute approximate surface area is 173 Å². The molecule has 3 heterocycles. The van der Waals surface area contributed by atoms with Gasteiger partial charge in [-0.05, 0) is 37.6 Å². The van der Waals surface area contributed by atoms with E-state index in [0.29, 0.717) is 13.2 Å². The van der Waals surface area contributed by atoms with Crippen LogP contribution in [0.4, 0.5) is 5.13 Å². The van der Waals surface area contributed by atoms with Crippen molar-refractivity contribution in [1.82, 2.24) is 14.4 Å². The van der Waals surface area contributed by atoms with E-state index >= 15 is 0 Å². The van der Waals surface area contributed by atoms with Crippen LogP contribution >= 0.6 is 22.9 Å². The summed E-state index contributed by atoms with van der Waals surface area (Å²) in [5, 5.41) is 5.01. The predicted octanol–water partition coefficient (Wildman–Crippen LogP) is 5.62. The van der Waals surface area contributed by atoms with Crippen LogP contribution in [-0.2, 0) is 4.74 Å². The van der Waals surface area contributed by atoms with Gasteiger partial charge < -0.3 is 14.5 Å². The number of pyridine rings is 1. The Balaban J connectivity index is 1.67. The molecule has 0 spiro atoms. The number of nitrogens with zero attached hydrogens (tertiary/aromatic N) is 3. The lowest BCUT2D eigenvalue weighted by Crippen LogP contribution is -2.21. The molecule has 28 heavy (non-hydrogen) atoms. The van der Waals surface area contributed by atoms with Gasteiger partial charge in [-0.3, -0.25) is 0 Å². The minimum atomic E-state index is 0.208. The summed E-state index contributed by atoms with van der Waals surface area (Å²) in [7, 11) is 0. The van der Waals surface area contributed by atoms with Crippen LogP contribution in [0.3, 0.4) is 0 Å². The molecule has 3 aromatic heterocycles. The van der Waals surface area contributed by atoms with E-state index in [-0.39, 0.29) is 6.04 Å². The molecule has 0 radical (unpaired) electrons. The van der Waals surface area contributed by atoms with E-state index in [4.69, 9.17) is 16.3 Å². The van der Waals surface area contributed by atoms with E-state index in [9.17, 15) is 0 Å². The average Bonchev–Trinajstić information content (AvgIpc) is 3.35. The van der Waals surface area contributed by atoms with Gasteiger partial charge in [-0.1, -0.05) is 35.1 Å². The van der Waals surface area contributed by atoms with E-state index in [1.807, 2.05) is 54.2 Å². The van der Waals surface area contributed by atoms with Crippen molar-refractivity contribution >= 4 is 33.7 Å². The lowest BCUT2D eigenvalue weighted by atomic mass is 10.0. The lowest BCUT2D eigenvalue weighted by Gasteiger charge is -2.12. The zero-order chi connectivity index (χ0) is 19.5. The molecule has 0 aliphatic rings. The third-order valence-corrected chi connectivity index (χ3v) is 5.60. The normalized spacial score (nSPS) is 12.4. The number of halogens is 1. The number of ether oxygens (including phenoxy) is 1. The van der Waals surface area contributed by atoms with Gasteiger partial charge in [-0.2, -0.15) is 0 Å². The van der Waals surface area contributed by atoms with Gasteiger partial charge in [0.25, 0.3) is 0 Å². The second-order valence-electron chi connectivity index (χ2n) is 6.54. The highest BCUT2D eigenvalue weighted by atomic mass is 35.5. The first kappa shape index (κ1) is 18.9. The highest BCUT2D eigenvalue weighted by Gasteiger charge is 2.12. The molecule has 0 aliphatic carbocycles. The summed E-state index contributed by atoms with van der Waals surface area (Å²) in [5.74, 6) is 0.